The first-order valence-electron chi connectivity index (χ1n) is 8.25. The molecule has 26 heavy (non-hydrogen) atoms. The lowest BCUT2D eigenvalue weighted by molar-refractivity contribution is -0.128. The van der Waals surface area contributed by atoms with Crippen LogP contribution in [-0.4, -0.2) is 36.5 Å². The number of carbonyl (C=O) groups excluding carboxylic acids is 2. The summed E-state index contributed by atoms with van der Waals surface area (Å²) in [6.07, 6.45) is 0.617. The first-order valence-corrected chi connectivity index (χ1v) is 9.00. The standard InChI is InChI=1S/C19H21Cl2N3O2/c1-14(25)24(11-9-15-7-8-16(20)13-18(15)21)12-10-22-19(26)23-17-5-3-2-4-6-17/h2-8,13H,9-12H2,1H3,(H2,22,23,26). The summed E-state index contributed by atoms with van der Waals surface area (Å²) in [4.78, 5) is 25.4. The van der Waals surface area contributed by atoms with Gasteiger partial charge in [0.1, 0.15) is 0 Å². The van der Waals surface area contributed by atoms with Gasteiger partial charge in [0.05, 0.1) is 0 Å². The molecule has 0 aliphatic heterocycles. The molecule has 7 heteroatoms. The van der Waals surface area contributed by atoms with Crippen LogP contribution in [0.25, 0.3) is 0 Å². The number of hydrogen-bond donors (Lipinski definition) is 2. The van der Waals surface area contributed by atoms with Gasteiger partial charge in [0, 0.05) is 42.3 Å². The molecule has 0 saturated heterocycles. The van der Waals surface area contributed by atoms with Crippen molar-refractivity contribution < 1.29 is 9.59 Å². The van der Waals surface area contributed by atoms with E-state index in [0.717, 1.165) is 5.56 Å². The van der Waals surface area contributed by atoms with Crippen molar-refractivity contribution in [3.8, 4) is 0 Å². The maximum absolute atomic E-state index is 11.9. The van der Waals surface area contributed by atoms with Crippen LogP contribution in [0.2, 0.25) is 10.0 Å². The second-order valence-corrected chi connectivity index (χ2v) is 6.58. The molecule has 0 saturated carbocycles. The van der Waals surface area contributed by atoms with Crippen LogP contribution < -0.4 is 10.6 Å². The Bertz CT molecular complexity index is 754. The largest absolute Gasteiger partial charge is 0.341 e. The summed E-state index contributed by atoms with van der Waals surface area (Å²) in [5, 5.41) is 6.64. The lowest BCUT2D eigenvalue weighted by Crippen LogP contribution is -2.39. The molecule has 0 radical (unpaired) electrons. The number of anilines is 1. The summed E-state index contributed by atoms with van der Waals surface area (Å²) >= 11 is 12.1. The van der Waals surface area contributed by atoms with E-state index in [1.165, 1.54) is 6.92 Å². The second-order valence-electron chi connectivity index (χ2n) is 5.74. The van der Waals surface area contributed by atoms with Gasteiger partial charge in [0.15, 0.2) is 0 Å². The molecule has 0 aliphatic rings. The molecule has 0 spiro atoms. The summed E-state index contributed by atoms with van der Waals surface area (Å²) in [7, 11) is 0. The number of nitrogens with zero attached hydrogens (tertiary/aromatic N) is 1. The summed E-state index contributed by atoms with van der Waals surface area (Å²) in [6.45, 7) is 2.79. The number of urea groups is 1. The number of amides is 3. The zero-order valence-electron chi connectivity index (χ0n) is 14.5. The van der Waals surface area contributed by atoms with Gasteiger partial charge in [-0.25, -0.2) is 4.79 Å². The average Bonchev–Trinajstić information content (AvgIpc) is 2.59. The third-order valence-corrected chi connectivity index (χ3v) is 4.40. The molecule has 0 unspecified atom stereocenters. The fourth-order valence-electron chi connectivity index (χ4n) is 2.41. The van der Waals surface area contributed by atoms with Crippen molar-refractivity contribution >= 4 is 40.8 Å². The smallest absolute Gasteiger partial charge is 0.319 e. The molecule has 0 atom stereocenters. The van der Waals surface area contributed by atoms with E-state index in [-0.39, 0.29) is 11.9 Å². The van der Waals surface area contributed by atoms with Crippen molar-refractivity contribution in [2.24, 2.45) is 0 Å². The van der Waals surface area contributed by atoms with E-state index in [4.69, 9.17) is 23.2 Å². The molecule has 2 rings (SSSR count). The minimum absolute atomic E-state index is 0.0552. The summed E-state index contributed by atoms with van der Waals surface area (Å²) in [6, 6.07) is 14.2. The van der Waals surface area contributed by atoms with E-state index in [1.807, 2.05) is 24.3 Å². The van der Waals surface area contributed by atoms with Gasteiger partial charge in [-0.3, -0.25) is 4.79 Å². The molecule has 2 aromatic carbocycles. The highest BCUT2D eigenvalue weighted by molar-refractivity contribution is 6.35. The number of nitrogens with one attached hydrogen (secondary N) is 2. The number of rotatable bonds is 7. The Balaban J connectivity index is 1.79. The third-order valence-electron chi connectivity index (χ3n) is 3.81. The first-order chi connectivity index (χ1) is 12.5. The monoisotopic (exact) mass is 393 g/mol. The quantitative estimate of drug-likeness (QED) is 0.739. The van der Waals surface area contributed by atoms with Crippen molar-refractivity contribution in [1.29, 1.82) is 0 Å². The number of para-hydroxylation sites is 1. The number of carbonyl (C=O) groups is 2. The maximum atomic E-state index is 11.9. The van der Waals surface area contributed by atoms with E-state index >= 15 is 0 Å². The van der Waals surface area contributed by atoms with Crippen molar-refractivity contribution in [3.63, 3.8) is 0 Å². The van der Waals surface area contributed by atoms with E-state index in [9.17, 15) is 9.59 Å². The molecule has 3 amide bonds. The van der Waals surface area contributed by atoms with E-state index < -0.39 is 0 Å². The van der Waals surface area contributed by atoms with Gasteiger partial charge in [-0.1, -0.05) is 47.5 Å². The van der Waals surface area contributed by atoms with E-state index in [2.05, 4.69) is 10.6 Å². The fraction of sp³-hybridized carbons (Fsp3) is 0.263. The highest BCUT2D eigenvalue weighted by atomic mass is 35.5. The molecular formula is C19H21Cl2N3O2. The Morgan fingerprint density at radius 3 is 2.42 bits per heavy atom. The highest BCUT2D eigenvalue weighted by Gasteiger charge is 2.11. The number of benzene rings is 2. The van der Waals surface area contributed by atoms with Gasteiger partial charge in [-0.2, -0.15) is 0 Å². The minimum atomic E-state index is -0.305. The maximum Gasteiger partial charge on any atom is 0.319 e. The van der Waals surface area contributed by atoms with Crippen LogP contribution in [0.15, 0.2) is 48.5 Å². The van der Waals surface area contributed by atoms with Gasteiger partial charge in [0.25, 0.3) is 0 Å². The van der Waals surface area contributed by atoms with Crippen LogP contribution in [0.4, 0.5) is 10.5 Å². The predicted molar refractivity (Wildman–Crippen MR) is 106 cm³/mol. The average molecular weight is 394 g/mol. The van der Waals surface area contributed by atoms with Crippen molar-refractivity contribution in [2.45, 2.75) is 13.3 Å². The summed E-state index contributed by atoms with van der Waals surface area (Å²) in [5.41, 5.74) is 1.64. The highest BCUT2D eigenvalue weighted by Crippen LogP contribution is 2.21. The van der Waals surface area contributed by atoms with Gasteiger partial charge < -0.3 is 15.5 Å². The van der Waals surface area contributed by atoms with Gasteiger partial charge in [0.2, 0.25) is 5.91 Å². The Labute approximate surface area is 163 Å². The Morgan fingerprint density at radius 2 is 1.77 bits per heavy atom. The molecule has 0 bridgehead atoms. The molecule has 2 N–H and O–H groups in total. The molecule has 2 aromatic rings. The zero-order chi connectivity index (χ0) is 18.9. The van der Waals surface area contributed by atoms with E-state index in [0.29, 0.717) is 41.8 Å². The molecule has 0 heterocycles. The van der Waals surface area contributed by atoms with Crippen LogP contribution in [0.1, 0.15) is 12.5 Å². The minimum Gasteiger partial charge on any atom is -0.341 e. The molecule has 0 aliphatic carbocycles. The Kier molecular flexibility index (Phi) is 7.75. The number of halogens is 2. The molecule has 0 fully saturated rings. The zero-order valence-corrected chi connectivity index (χ0v) is 16.0. The van der Waals surface area contributed by atoms with E-state index in [1.54, 1.807) is 29.2 Å². The van der Waals surface area contributed by atoms with Gasteiger partial charge in [-0.15, -0.1) is 0 Å². The first kappa shape index (κ1) is 20.1. The van der Waals surface area contributed by atoms with Gasteiger partial charge >= 0.3 is 6.03 Å². The van der Waals surface area contributed by atoms with Crippen LogP contribution in [0.5, 0.6) is 0 Å². The molecule has 0 aromatic heterocycles. The predicted octanol–water partition coefficient (Wildman–Crippen LogP) is 4.21. The third kappa shape index (κ3) is 6.58. The van der Waals surface area contributed by atoms with Crippen molar-refractivity contribution in [2.75, 3.05) is 25.0 Å². The normalized spacial score (nSPS) is 10.3. The lowest BCUT2D eigenvalue weighted by atomic mass is 10.1. The lowest BCUT2D eigenvalue weighted by Gasteiger charge is -2.21. The molecule has 5 nitrogen and oxygen atoms in total. The fourth-order valence-corrected chi connectivity index (χ4v) is 2.91. The molecule has 138 valence electrons. The van der Waals surface area contributed by atoms with Crippen molar-refractivity contribution in [3.05, 3.63) is 64.1 Å². The number of hydrogen-bond acceptors (Lipinski definition) is 2. The summed E-state index contributed by atoms with van der Waals surface area (Å²) < 4.78 is 0. The van der Waals surface area contributed by atoms with Crippen LogP contribution in [-0.2, 0) is 11.2 Å². The topological polar surface area (TPSA) is 61.4 Å². The summed E-state index contributed by atoms with van der Waals surface area (Å²) in [5.74, 6) is -0.0552. The second kappa shape index (κ2) is 10.0. The Hall–Kier alpha value is -2.24. The van der Waals surface area contributed by atoms with Crippen LogP contribution in [0, 0.1) is 0 Å². The van der Waals surface area contributed by atoms with Crippen molar-refractivity contribution in [1.82, 2.24) is 10.2 Å². The van der Waals surface area contributed by atoms with Gasteiger partial charge in [-0.05, 0) is 36.2 Å². The molecular weight excluding hydrogens is 373 g/mol. The van der Waals surface area contributed by atoms with Crippen LogP contribution in [0.3, 0.4) is 0 Å². The SMILES string of the molecule is CC(=O)N(CCNC(=O)Nc1ccccc1)CCc1ccc(Cl)cc1Cl. The Morgan fingerprint density at radius 1 is 1.04 bits per heavy atom. The van der Waals surface area contributed by atoms with Crippen LogP contribution >= 0.6 is 23.2 Å².